The number of sulfonamides is 1. The van der Waals surface area contributed by atoms with Crippen molar-refractivity contribution in [1.29, 1.82) is 0 Å². The molecule has 1 fully saturated rings. The molecular formula is C22H22F3N3O2S. The number of nitrogens with zero attached hydrogens (tertiary/aromatic N) is 3. The standard InChI is InChI=1S/C22H22F3N3O2S/c23-22(24,25)19-7-4-8-20(15-19)31(29,30)28-12-9-17(10-13-28)16-27-14-11-26-21(27)18-5-2-1-3-6-18/h1-8,11,14-15,17H,9-10,12-13,16H2. The molecule has 164 valence electrons. The number of imidazole rings is 1. The summed E-state index contributed by atoms with van der Waals surface area (Å²) in [4.78, 5) is 4.12. The first-order valence-electron chi connectivity index (χ1n) is 9.99. The average molecular weight is 449 g/mol. The highest BCUT2D eigenvalue weighted by Crippen LogP contribution is 2.32. The molecule has 1 saturated heterocycles. The van der Waals surface area contributed by atoms with Crippen LogP contribution in [0, 0.1) is 5.92 Å². The lowest BCUT2D eigenvalue weighted by Gasteiger charge is -2.31. The highest BCUT2D eigenvalue weighted by molar-refractivity contribution is 7.89. The molecule has 31 heavy (non-hydrogen) atoms. The van der Waals surface area contributed by atoms with Crippen LogP contribution >= 0.6 is 0 Å². The minimum absolute atomic E-state index is 0.254. The fourth-order valence-corrected chi connectivity index (χ4v) is 5.41. The van der Waals surface area contributed by atoms with Crippen LogP contribution in [0.2, 0.25) is 0 Å². The summed E-state index contributed by atoms with van der Waals surface area (Å²) in [6.07, 6.45) is 0.332. The Morgan fingerprint density at radius 3 is 2.39 bits per heavy atom. The third-order valence-electron chi connectivity index (χ3n) is 5.58. The molecule has 9 heteroatoms. The summed E-state index contributed by atoms with van der Waals surface area (Å²) in [5.41, 5.74) is 0.0501. The molecule has 1 aromatic heterocycles. The molecule has 2 heterocycles. The maximum absolute atomic E-state index is 13.0. The molecule has 0 spiro atoms. The summed E-state index contributed by atoms with van der Waals surface area (Å²) in [7, 11) is -3.97. The summed E-state index contributed by atoms with van der Waals surface area (Å²) in [6.45, 7) is 1.26. The van der Waals surface area contributed by atoms with E-state index < -0.39 is 21.8 Å². The summed E-state index contributed by atoms with van der Waals surface area (Å²) in [6, 6.07) is 13.8. The Morgan fingerprint density at radius 1 is 1.00 bits per heavy atom. The molecule has 1 aliphatic heterocycles. The van der Waals surface area contributed by atoms with Crippen LogP contribution in [0.15, 0.2) is 71.9 Å². The minimum atomic E-state index is -4.58. The predicted octanol–water partition coefficient (Wildman–Crippen LogP) is 4.67. The van der Waals surface area contributed by atoms with E-state index in [4.69, 9.17) is 0 Å². The Morgan fingerprint density at radius 2 is 1.71 bits per heavy atom. The largest absolute Gasteiger partial charge is 0.416 e. The lowest BCUT2D eigenvalue weighted by molar-refractivity contribution is -0.137. The van der Waals surface area contributed by atoms with E-state index in [1.807, 2.05) is 36.5 Å². The number of piperidine rings is 1. The maximum atomic E-state index is 13.0. The van der Waals surface area contributed by atoms with Gasteiger partial charge in [-0.3, -0.25) is 0 Å². The second-order valence-electron chi connectivity index (χ2n) is 7.64. The SMILES string of the molecule is O=S(=O)(c1cccc(C(F)(F)F)c1)N1CCC(Cn2ccnc2-c2ccccc2)CC1. The summed E-state index contributed by atoms with van der Waals surface area (Å²) in [5, 5.41) is 0. The molecule has 0 N–H and O–H groups in total. The molecule has 2 aromatic carbocycles. The van der Waals surface area contributed by atoms with E-state index in [9.17, 15) is 21.6 Å². The van der Waals surface area contributed by atoms with Crippen LogP contribution in [0.25, 0.3) is 11.4 Å². The first-order chi connectivity index (χ1) is 14.7. The molecule has 0 bridgehead atoms. The summed E-state index contributed by atoms with van der Waals surface area (Å²) >= 11 is 0. The third kappa shape index (κ3) is 4.67. The van der Waals surface area contributed by atoms with E-state index in [2.05, 4.69) is 9.55 Å². The van der Waals surface area contributed by atoms with Crippen molar-refractivity contribution < 1.29 is 21.6 Å². The van der Waals surface area contributed by atoms with Crippen LogP contribution < -0.4 is 0 Å². The quantitative estimate of drug-likeness (QED) is 0.569. The second-order valence-corrected chi connectivity index (χ2v) is 9.58. The molecule has 4 rings (SSSR count). The molecule has 1 aliphatic rings. The van der Waals surface area contributed by atoms with Gasteiger partial charge >= 0.3 is 6.18 Å². The van der Waals surface area contributed by atoms with Crippen LogP contribution in [0.5, 0.6) is 0 Å². The maximum Gasteiger partial charge on any atom is 0.416 e. The number of hydrogen-bond donors (Lipinski definition) is 0. The van der Waals surface area contributed by atoms with E-state index in [0.717, 1.165) is 23.5 Å². The van der Waals surface area contributed by atoms with Crippen LogP contribution in [-0.2, 0) is 22.7 Å². The van der Waals surface area contributed by atoms with Gasteiger partial charge in [0.15, 0.2) is 0 Å². The Balaban J connectivity index is 1.43. The topological polar surface area (TPSA) is 55.2 Å². The van der Waals surface area contributed by atoms with Crippen molar-refractivity contribution >= 4 is 10.0 Å². The van der Waals surface area contributed by atoms with Crippen LogP contribution in [0.1, 0.15) is 18.4 Å². The molecule has 0 aliphatic carbocycles. The van der Waals surface area contributed by atoms with Gasteiger partial charge in [-0.1, -0.05) is 36.4 Å². The van der Waals surface area contributed by atoms with Gasteiger partial charge in [0.1, 0.15) is 5.82 Å². The zero-order valence-corrected chi connectivity index (χ0v) is 17.5. The van der Waals surface area contributed by atoms with Gasteiger partial charge in [-0.2, -0.15) is 17.5 Å². The van der Waals surface area contributed by atoms with Crippen molar-refractivity contribution in [3.8, 4) is 11.4 Å². The Kier molecular flexibility index (Phi) is 5.90. The number of rotatable bonds is 5. The molecule has 0 radical (unpaired) electrons. The van der Waals surface area contributed by atoms with E-state index in [1.54, 1.807) is 6.20 Å². The molecule has 0 atom stereocenters. The summed E-state index contributed by atoms with van der Waals surface area (Å²) < 4.78 is 68.0. The van der Waals surface area contributed by atoms with Gasteiger partial charge in [-0.25, -0.2) is 13.4 Å². The lowest BCUT2D eigenvalue weighted by atomic mass is 9.98. The van der Waals surface area contributed by atoms with Crippen molar-refractivity contribution in [3.63, 3.8) is 0 Å². The van der Waals surface area contributed by atoms with E-state index in [1.165, 1.54) is 10.4 Å². The second kappa shape index (κ2) is 8.47. The normalized spacial score (nSPS) is 16.5. The first-order valence-corrected chi connectivity index (χ1v) is 11.4. The average Bonchev–Trinajstić information content (AvgIpc) is 3.22. The Bertz CT molecular complexity index is 1140. The zero-order valence-electron chi connectivity index (χ0n) is 16.7. The lowest BCUT2D eigenvalue weighted by Crippen LogP contribution is -2.39. The van der Waals surface area contributed by atoms with Crippen molar-refractivity contribution in [2.75, 3.05) is 13.1 Å². The predicted molar refractivity (Wildman–Crippen MR) is 111 cm³/mol. The number of alkyl halides is 3. The number of benzene rings is 2. The fraction of sp³-hybridized carbons (Fsp3) is 0.318. The number of hydrogen-bond acceptors (Lipinski definition) is 3. The molecule has 0 unspecified atom stereocenters. The van der Waals surface area contributed by atoms with E-state index in [0.29, 0.717) is 25.5 Å². The van der Waals surface area contributed by atoms with E-state index in [-0.39, 0.29) is 23.9 Å². The Hall–Kier alpha value is -2.65. The van der Waals surface area contributed by atoms with Crippen molar-refractivity contribution in [1.82, 2.24) is 13.9 Å². The van der Waals surface area contributed by atoms with Gasteiger partial charge in [-0.05, 0) is 37.0 Å². The van der Waals surface area contributed by atoms with Crippen molar-refractivity contribution in [3.05, 3.63) is 72.6 Å². The summed E-state index contributed by atoms with van der Waals surface area (Å²) in [5.74, 6) is 1.12. The third-order valence-corrected chi connectivity index (χ3v) is 7.47. The van der Waals surface area contributed by atoms with Crippen molar-refractivity contribution in [2.45, 2.75) is 30.5 Å². The van der Waals surface area contributed by atoms with Gasteiger partial charge in [0.2, 0.25) is 10.0 Å². The first kappa shape index (κ1) is 21.6. The minimum Gasteiger partial charge on any atom is -0.331 e. The number of aromatic nitrogens is 2. The van der Waals surface area contributed by atoms with Gasteiger partial charge < -0.3 is 4.57 Å². The monoisotopic (exact) mass is 449 g/mol. The smallest absolute Gasteiger partial charge is 0.331 e. The highest BCUT2D eigenvalue weighted by atomic mass is 32.2. The van der Waals surface area contributed by atoms with Gasteiger partial charge in [-0.15, -0.1) is 0 Å². The highest BCUT2D eigenvalue weighted by Gasteiger charge is 2.34. The van der Waals surface area contributed by atoms with Crippen LogP contribution in [0.4, 0.5) is 13.2 Å². The number of halogens is 3. The van der Waals surface area contributed by atoms with Crippen molar-refractivity contribution in [2.24, 2.45) is 5.92 Å². The molecule has 0 saturated carbocycles. The molecule has 0 amide bonds. The zero-order chi connectivity index (χ0) is 22.1. The molecule has 5 nitrogen and oxygen atoms in total. The fourth-order valence-electron chi connectivity index (χ4n) is 3.90. The van der Waals surface area contributed by atoms with E-state index >= 15 is 0 Å². The van der Waals surface area contributed by atoms with Crippen LogP contribution in [0.3, 0.4) is 0 Å². The van der Waals surface area contributed by atoms with Gasteiger partial charge in [0.05, 0.1) is 10.5 Å². The molecule has 3 aromatic rings. The van der Waals surface area contributed by atoms with Crippen LogP contribution in [-0.4, -0.2) is 35.4 Å². The molecular weight excluding hydrogens is 427 g/mol. The Labute approximate surface area is 179 Å². The van der Waals surface area contributed by atoms with Gasteiger partial charge in [0.25, 0.3) is 0 Å². The van der Waals surface area contributed by atoms with Gasteiger partial charge in [0, 0.05) is 37.6 Å².